The maximum atomic E-state index is 13.1. The van der Waals surface area contributed by atoms with E-state index in [0.717, 1.165) is 50.4 Å². The number of H-pyrrole nitrogens is 1. The Labute approximate surface area is 206 Å². The lowest BCUT2D eigenvalue weighted by Crippen LogP contribution is -2.86. The Balaban J connectivity index is 1.30. The van der Waals surface area contributed by atoms with Gasteiger partial charge in [-0.2, -0.15) is 0 Å². The number of nitrogens with zero attached hydrogens (tertiary/aromatic N) is 4. The largest absolute Gasteiger partial charge is 0.346 e. The molecule has 0 saturated heterocycles. The van der Waals surface area contributed by atoms with Gasteiger partial charge in [0.25, 0.3) is 5.56 Å². The average molecular weight is 480 g/mol. The first-order valence-corrected chi connectivity index (χ1v) is 13.6. The molecule has 0 spiro atoms. The molecule has 2 atom stereocenters. The molecule has 2 unspecified atom stereocenters. The third-order valence-electron chi connectivity index (χ3n) is 8.22. The third kappa shape index (κ3) is 4.73. The molecule has 8 heteroatoms. The Morgan fingerprint density at radius 2 is 1.80 bits per heavy atom. The molecule has 5 rings (SSSR count). The minimum atomic E-state index is -0.228. The maximum Gasteiger partial charge on any atom is 0.332 e. The number of aryl methyl sites for hydroxylation is 1. The zero-order chi connectivity index (χ0) is 24.4. The third-order valence-corrected chi connectivity index (χ3v) is 8.22. The van der Waals surface area contributed by atoms with Crippen LogP contribution >= 0.6 is 0 Å². The van der Waals surface area contributed by atoms with Crippen LogP contribution in [0.2, 0.25) is 0 Å². The molecule has 188 valence electrons. The summed E-state index contributed by atoms with van der Waals surface area (Å²) >= 11 is 0. The number of hydrogen-bond donors (Lipinski definition) is 2. The molecule has 3 aromatic heterocycles. The second kappa shape index (κ2) is 10.5. The summed E-state index contributed by atoms with van der Waals surface area (Å²) in [5, 5.41) is 2.48. The van der Waals surface area contributed by atoms with Gasteiger partial charge in [0, 0.05) is 43.2 Å². The molecular weight excluding hydrogens is 440 g/mol. The summed E-state index contributed by atoms with van der Waals surface area (Å²) in [5.41, 5.74) is 1.76. The van der Waals surface area contributed by atoms with Gasteiger partial charge in [-0.05, 0) is 62.5 Å². The van der Waals surface area contributed by atoms with Crippen LogP contribution in [0.5, 0.6) is 0 Å². The van der Waals surface area contributed by atoms with Gasteiger partial charge in [-0.15, -0.1) is 0 Å². The van der Waals surface area contributed by atoms with E-state index in [0.29, 0.717) is 42.0 Å². The normalized spacial score (nSPS) is 23.8. The van der Waals surface area contributed by atoms with Crippen molar-refractivity contribution in [1.82, 2.24) is 24.1 Å². The topological polar surface area (TPSA) is 102 Å². The van der Waals surface area contributed by atoms with E-state index in [4.69, 9.17) is 4.98 Å². The van der Waals surface area contributed by atoms with Gasteiger partial charge in [0.15, 0.2) is 5.65 Å². The Hall–Kier alpha value is -2.74. The highest BCUT2D eigenvalue weighted by Crippen LogP contribution is 2.51. The van der Waals surface area contributed by atoms with E-state index in [1.165, 1.54) is 29.6 Å². The summed E-state index contributed by atoms with van der Waals surface area (Å²) in [6.45, 7) is 7.33. The highest BCUT2D eigenvalue weighted by atomic mass is 16.2. The molecule has 2 saturated carbocycles. The monoisotopic (exact) mass is 479 g/mol. The smallest absolute Gasteiger partial charge is 0.332 e. The van der Waals surface area contributed by atoms with Crippen molar-refractivity contribution in [3.05, 3.63) is 56.8 Å². The molecule has 3 aromatic rings. The molecule has 0 radical (unpaired) electrons. The molecule has 8 nitrogen and oxygen atoms in total. The van der Waals surface area contributed by atoms with Crippen molar-refractivity contribution in [3.8, 4) is 0 Å². The molecule has 0 aliphatic heterocycles. The van der Waals surface area contributed by atoms with Crippen molar-refractivity contribution in [2.45, 2.75) is 77.8 Å². The van der Waals surface area contributed by atoms with E-state index in [2.05, 4.69) is 27.4 Å². The molecule has 0 aromatic carbocycles. The number of nitrogens with one attached hydrogen (secondary N) is 1. The zero-order valence-electron chi connectivity index (χ0n) is 21.1. The summed E-state index contributed by atoms with van der Waals surface area (Å²) in [6, 6.07) is 6.13. The number of quaternary nitrogens is 1. The van der Waals surface area contributed by atoms with Crippen molar-refractivity contribution in [3.63, 3.8) is 0 Å². The summed E-state index contributed by atoms with van der Waals surface area (Å²) in [4.78, 5) is 38.8. The standard InChI is InChI=1S/C27H38N6O2/c1-3-13-32-25-23(26(34)33(14-4-2)27(32)35)30-24(31-25)20-15-18-8-9-19(16-20)22(18)17-28-12-10-21-7-5-6-11-29-21/h5-7,11,18-20,22,28H,3-4,8-10,12-17H2,1-2H3,(H,30,31)/p+1. The average Bonchev–Trinajstić information content (AvgIpc) is 3.41. The number of rotatable bonds is 10. The summed E-state index contributed by atoms with van der Waals surface area (Å²) in [7, 11) is 0. The Kier molecular flexibility index (Phi) is 7.18. The minimum Gasteiger partial charge on any atom is -0.346 e. The van der Waals surface area contributed by atoms with Crippen molar-refractivity contribution >= 4 is 11.2 Å². The number of fused-ring (bicyclic) bond motifs is 3. The molecule has 2 aliphatic carbocycles. The maximum absolute atomic E-state index is 13.1. The Morgan fingerprint density at radius 1 is 1.06 bits per heavy atom. The number of aromatic amines is 1. The summed E-state index contributed by atoms with van der Waals surface area (Å²) in [6.07, 6.45) is 9.29. The van der Waals surface area contributed by atoms with Crippen LogP contribution in [-0.2, 0) is 19.5 Å². The quantitative estimate of drug-likeness (QED) is 0.436. The van der Waals surface area contributed by atoms with E-state index < -0.39 is 0 Å². The number of aromatic nitrogens is 5. The zero-order valence-corrected chi connectivity index (χ0v) is 21.1. The van der Waals surface area contributed by atoms with Crippen molar-refractivity contribution in [2.75, 3.05) is 13.1 Å². The van der Waals surface area contributed by atoms with Gasteiger partial charge < -0.3 is 10.3 Å². The predicted octanol–water partition coefficient (Wildman–Crippen LogP) is 2.43. The van der Waals surface area contributed by atoms with Crippen LogP contribution in [0.15, 0.2) is 34.0 Å². The van der Waals surface area contributed by atoms with Gasteiger partial charge in [-0.25, -0.2) is 9.78 Å². The van der Waals surface area contributed by atoms with Crippen molar-refractivity contribution < 1.29 is 5.32 Å². The van der Waals surface area contributed by atoms with Crippen LogP contribution in [0.1, 0.15) is 69.8 Å². The molecule has 0 amide bonds. The van der Waals surface area contributed by atoms with Gasteiger partial charge in [0.2, 0.25) is 0 Å². The van der Waals surface area contributed by atoms with Crippen LogP contribution in [0.25, 0.3) is 11.2 Å². The molecule has 35 heavy (non-hydrogen) atoms. The van der Waals surface area contributed by atoms with E-state index in [1.54, 1.807) is 4.57 Å². The minimum absolute atomic E-state index is 0.225. The molecule has 2 bridgehead atoms. The van der Waals surface area contributed by atoms with Gasteiger partial charge in [-0.3, -0.25) is 18.9 Å². The number of imidazole rings is 1. The van der Waals surface area contributed by atoms with Gasteiger partial charge in [0.05, 0.1) is 13.1 Å². The SMILES string of the molecule is CCCn1c(=O)c2[nH]c(C3CC4CCC(C3)C4C[NH2+]CCc3ccccn3)nc2n(CCC)c1=O. The number of hydrogen-bond acceptors (Lipinski definition) is 4. The summed E-state index contributed by atoms with van der Waals surface area (Å²) < 4.78 is 3.07. The lowest BCUT2D eigenvalue weighted by Gasteiger charge is -2.33. The van der Waals surface area contributed by atoms with E-state index >= 15 is 0 Å². The fourth-order valence-electron chi connectivity index (χ4n) is 6.59. The van der Waals surface area contributed by atoms with Gasteiger partial charge in [-0.1, -0.05) is 19.9 Å². The van der Waals surface area contributed by atoms with Crippen molar-refractivity contribution in [1.29, 1.82) is 0 Å². The molecule has 3 heterocycles. The highest BCUT2D eigenvalue weighted by molar-refractivity contribution is 5.70. The van der Waals surface area contributed by atoms with Crippen LogP contribution in [0.4, 0.5) is 0 Å². The van der Waals surface area contributed by atoms with Crippen LogP contribution in [-0.4, -0.2) is 37.2 Å². The lowest BCUT2D eigenvalue weighted by molar-refractivity contribution is -0.661. The lowest BCUT2D eigenvalue weighted by atomic mass is 9.73. The van der Waals surface area contributed by atoms with E-state index in [1.807, 2.05) is 26.1 Å². The van der Waals surface area contributed by atoms with Crippen LogP contribution < -0.4 is 16.6 Å². The first kappa shape index (κ1) is 24.0. The predicted molar refractivity (Wildman–Crippen MR) is 136 cm³/mol. The fraction of sp³-hybridized carbons (Fsp3) is 0.630. The Morgan fingerprint density at radius 3 is 2.49 bits per heavy atom. The fourth-order valence-corrected chi connectivity index (χ4v) is 6.59. The van der Waals surface area contributed by atoms with Crippen LogP contribution in [0.3, 0.4) is 0 Å². The second-order valence-electron chi connectivity index (χ2n) is 10.5. The molecule has 2 aliphatic rings. The van der Waals surface area contributed by atoms with Gasteiger partial charge >= 0.3 is 5.69 Å². The second-order valence-corrected chi connectivity index (χ2v) is 10.5. The highest BCUT2D eigenvalue weighted by Gasteiger charge is 2.44. The molecule has 2 fully saturated rings. The van der Waals surface area contributed by atoms with Gasteiger partial charge in [0.1, 0.15) is 11.3 Å². The molecule has 3 N–H and O–H groups in total. The van der Waals surface area contributed by atoms with Crippen molar-refractivity contribution in [2.24, 2.45) is 17.8 Å². The van der Waals surface area contributed by atoms with Crippen LogP contribution in [0, 0.1) is 17.8 Å². The number of pyridine rings is 1. The molecular formula is C27H39N6O2+. The van der Waals surface area contributed by atoms with E-state index in [9.17, 15) is 9.59 Å². The first-order valence-electron chi connectivity index (χ1n) is 13.6. The Bertz CT molecular complexity index is 1250. The number of nitrogens with two attached hydrogens (primary N) is 1. The summed E-state index contributed by atoms with van der Waals surface area (Å²) in [5.74, 6) is 3.44. The first-order chi connectivity index (χ1) is 17.1. The van der Waals surface area contributed by atoms with E-state index in [-0.39, 0.29) is 11.2 Å².